The summed E-state index contributed by atoms with van der Waals surface area (Å²) in [6.07, 6.45) is 0.362. The molecule has 20 heavy (non-hydrogen) atoms. The first-order valence-electron chi connectivity index (χ1n) is 5.80. The molecule has 0 spiro atoms. The number of methoxy groups -OCH3 is 1. The molecular formula is C12H13ClO6S. The van der Waals surface area contributed by atoms with Crippen LogP contribution in [0.3, 0.4) is 0 Å². The number of carboxylic acids is 1. The van der Waals surface area contributed by atoms with Crippen LogP contribution in [0.5, 0.6) is 5.75 Å². The summed E-state index contributed by atoms with van der Waals surface area (Å²) in [5.74, 6) is -1.50. The highest BCUT2D eigenvalue weighted by molar-refractivity contribution is 7.92. The van der Waals surface area contributed by atoms with Crippen LogP contribution in [0.1, 0.15) is 16.8 Å². The molecule has 110 valence electrons. The van der Waals surface area contributed by atoms with Gasteiger partial charge in [0.1, 0.15) is 10.5 Å². The number of carbonyl (C=O) groups is 1. The largest absolute Gasteiger partial charge is 0.494 e. The number of rotatable bonds is 4. The zero-order chi connectivity index (χ0) is 14.9. The molecule has 6 nitrogen and oxygen atoms in total. The van der Waals surface area contributed by atoms with E-state index in [4.69, 9.17) is 26.2 Å². The number of hydrogen-bond donors (Lipinski definition) is 1. The molecule has 1 aliphatic rings. The van der Waals surface area contributed by atoms with Crippen molar-refractivity contribution in [2.75, 3.05) is 20.3 Å². The average molecular weight is 321 g/mol. The van der Waals surface area contributed by atoms with E-state index in [0.29, 0.717) is 13.0 Å². The highest BCUT2D eigenvalue weighted by Gasteiger charge is 2.35. The molecule has 1 saturated heterocycles. The van der Waals surface area contributed by atoms with E-state index in [1.165, 1.54) is 13.2 Å². The fourth-order valence-electron chi connectivity index (χ4n) is 2.09. The second-order valence-corrected chi connectivity index (χ2v) is 6.95. The molecule has 1 aromatic carbocycles. The Kier molecular flexibility index (Phi) is 4.22. The third-order valence-electron chi connectivity index (χ3n) is 3.09. The van der Waals surface area contributed by atoms with Crippen molar-refractivity contribution >= 4 is 27.4 Å². The fourth-order valence-corrected chi connectivity index (χ4v) is 4.15. The smallest absolute Gasteiger partial charge is 0.339 e. The summed E-state index contributed by atoms with van der Waals surface area (Å²) in [7, 11) is -2.54. The number of ether oxygens (including phenoxy) is 2. The second kappa shape index (κ2) is 5.59. The van der Waals surface area contributed by atoms with E-state index in [0.717, 1.165) is 6.07 Å². The fraction of sp³-hybridized carbons (Fsp3) is 0.417. The minimum atomic E-state index is -3.76. The van der Waals surface area contributed by atoms with Gasteiger partial charge in [0.15, 0.2) is 15.6 Å². The van der Waals surface area contributed by atoms with Gasteiger partial charge < -0.3 is 14.6 Å². The average Bonchev–Trinajstić information content (AvgIpc) is 2.92. The van der Waals surface area contributed by atoms with E-state index in [-0.39, 0.29) is 27.8 Å². The normalized spacial score (nSPS) is 19.0. The summed E-state index contributed by atoms with van der Waals surface area (Å²) in [5.41, 5.74) is -0.280. The van der Waals surface area contributed by atoms with Crippen molar-refractivity contribution in [1.29, 1.82) is 0 Å². The minimum absolute atomic E-state index is 0.0284. The van der Waals surface area contributed by atoms with E-state index in [2.05, 4.69) is 0 Å². The molecule has 0 aliphatic carbocycles. The molecule has 1 heterocycles. The number of halogens is 1. The predicted octanol–water partition coefficient (Wildman–Crippen LogP) is 1.61. The molecule has 1 fully saturated rings. The van der Waals surface area contributed by atoms with E-state index >= 15 is 0 Å². The predicted molar refractivity (Wildman–Crippen MR) is 71.4 cm³/mol. The molecule has 1 N–H and O–H groups in total. The van der Waals surface area contributed by atoms with Crippen LogP contribution in [-0.4, -0.2) is 45.1 Å². The number of aromatic carboxylic acids is 1. The Morgan fingerprint density at radius 2 is 2.20 bits per heavy atom. The molecule has 2 rings (SSSR count). The molecule has 1 unspecified atom stereocenters. The molecule has 1 atom stereocenters. The van der Waals surface area contributed by atoms with Gasteiger partial charge in [-0.3, -0.25) is 0 Å². The van der Waals surface area contributed by atoms with E-state index in [9.17, 15) is 13.2 Å². The van der Waals surface area contributed by atoms with Crippen LogP contribution >= 0.6 is 11.6 Å². The van der Waals surface area contributed by atoms with Crippen molar-refractivity contribution in [2.24, 2.45) is 0 Å². The topological polar surface area (TPSA) is 89.9 Å². The van der Waals surface area contributed by atoms with Crippen molar-refractivity contribution in [3.63, 3.8) is 0 Å². The summed E-state index contributed by atoms with van der Waals surface area (Å²) in [6.45, 7) is 0.443. The van der Waals surface area contributed by atoms with Crippen LogP contribution in [0.25, 0.3) is 0 Å². The number of carboxylic acid groups (broad SMARTS) is 1. The van der Waals surface area contributed by atoms with Crippen molar-refractivity contribution in [1.82, 2.24) is 0 Å². The van der Waals surface area contributed by atoms with Crippen LogP contribution < -0.4 is 4.74 Å². The SMILES string of the molecule is COc1c(C(=O)O)cc(Cl)cc1S(=O)(=O)C1CCOC1. The lowest BCUT2D eigenvalue weighted by Crippen LogP contribution is -2.22. The number of sulfone groups is 1. The van der Waals surface area contributed by atoms with Crippen LogP contribution in [-0.2, 0) is 14.6 Å². The monoisotopic (exact) mass is 320 g/mol. The third-order valence-corrected chi connectivity index (χ3v) is 5.47. The van der Waals surface area contributed by atoms with Gasteiger partial charge in [-0.05, 0) is 18.6 Å². The lowest BCUT2D eigenvalue weighted by Gasteiger charge is -2.15. The zero-order valence-corrected chi connectivity index (χ0v) is 12.2. The Morgan fingerprint density at radius 3 is 2.70 bits per heavy atom. The Bertz CT molecular complexity index is 634. The summed E-state index contributed by atoms with van der Waals surface area (Å²) in [4.78, 5) is 11.0. The van der Waals surface area contributed by atoms with E-state index < -0.39 is 21.1 Å². The van der Waals surface area contributed by atoms with Crippen LogP contribution in [0.4, 0.5) is 0 Å². The Balaban J connectivity index is 2.64. The molecule has 1 aromatic rings. The quantitative estimate of drug-likeness (QED) is 0.906. The maximum absolute atomic E-state index is 12.5. The highest BCUT2D eigenvalue weighted by atomic mass is 35.5. The van der Waals surface area contributed by atoms with Crippen LogP contribution in [0.15, 0.2) is 17.0 Å². The van der Waals surface area contributed by atoms with Gasteiger partial charge in [0.05, 0.1) is 19.0 Å². The first-order chi connectivity index (χ1) is 9.37. The van der Waals surface area contributed by atoms with Gasteiger partial charge in [0.25, 0.3) is 0 Å². The Labute approximate surface area is 121 Å². The number of benzene rings is 1. The molecule has 1 aliphatic heterocycles. The van der Waals surface area contributed by atoms with Crippen LogP contribution in [0.2, 0.25) is 5.02 Å². The van der Waals surface area contributed by atoms with Gasteiger partial charge in [-0.15, -0.1) is 0 Å². The van der Waals surface area contributed by atoms with Crippen molar-refractivity contribution in [2.45, 2.75) is 16.6 Å². The van der Waals surface area contributed by atoms with Gasteiger partial charge >= 0.3 is 5.97 Å². The standard InChI is InChI=1S/C12H13ClO6S/c1-18-11-9(12(14)15)4-7(13)5-10(11)20(16,17)8-2-3-19-6-8/h4-5,8H,2-3,6H2,1H3,(H,14,15). The molecular weight excluding hydrogens is 308 g/mol. The first kappa shape index (κ1) is 15.1. The van der Waals surface area contributed by atoms with Gasteiger partial charge in [-0.25, -0.2) is 13.2 Å². The van der Waals surface area contributed by atoms with Crippen molar-refractivity contribution in [3.8, 4) is 5.75 Å². The van der Waals surface area contributed by atoms with Crippen LogP contribution in [0, 0.1) is 0 Å². The summed E-state index contributed by atoms with van der Waals surface area (Å²) in [5, 5.41) is 8.44. The Hall–Kier alpha value is -1.31. The van der Waals surface area contributed by atoms with Gasteiger partial charge in [0, 0.05) is 11.6 Å². The maximum atomic E-state index is 12.5. The number of hydrogen-bond acceptors (Lipinski definition) is 5. The summed E-state index contributed by atoms with van der Waals surface area (Å²) < 4.78 is 35.1. The summed E-state index contributed by atoms with van der Waals surface area (Å²) >= 11 is 5.82. The maximum Gasteiger partial charge on any atom is 0.339 e. The molecule has 0 aromatic heterocycles. The van der Waals surface area contributed by atoms with Gasteiger partial charge in [-0.2, -0.15) is 0 Å². The lowest BCUT2D eigenvalue weighted by atomic mass is 10.2. The highest BCUT2D eigenvalue weighted by Crippen LogP contribution is 2.35. The lowest BCUT2D eigenvalue weighted by molar-refractivity contribution is 0.0693. The van der Waals surface area contributed by atoms with Crippen molar-refractivity contribution in [3.05, 3.63) is 22.7 Å². The molecule has 0 amide bonds. The van der Waals surface area contributed by atoms with Gasteiger partial charge in [0.2, 0.25) is 0 Å². The minimum Gasteiger partial charge on any atom is -0.494 e. The molecule has 0 saturated carbocycles. The summed E-state index contributed by atoms with van der Waals surface area (Å²) in [6, 6.07) is 2.37. The van der Waals surface area contributed by atoms with E-state index in [1.54, 1.807) is 0 Å². The Morgan fingerprint density at radius 1 is 1.50 bits per heavy atom. The molecule has 0 radical (unpaired) electrons. The first-order valence-corrected chi connectivity index (χ1v) is 7.73. The third kappa shape index (κ3) is 2.61. The zero-order valence-electron chi connectivity index (χ0n) is 10.6. The van der Waals surface area contributed by atoms with Gasteiger partial charge in [-0.1, -0.05) is 11.6 Å². The molecule has 0 bridgehead atoms. The second-order valence-electron chi connectivity index (χ2n) is 4.32. The molecule has 8 heteroatoms. The van der Waals surface area contributed by atoms with Crippen molar-refractivity contribution < 1.29 is 27.8 Å². The van der Waals surface area contributed by atoms with E-state index in [1.807, 2.05) is 0 Å².